The number of allylic oxidation sites excluding steroid dienone is 1. The van der Waals surface area contributed by atoms with E-state index in [-0.39, 0.29) is 0 Å². The highest BCUT2D eigenvalue weighted by Gasteiger charge is 2.46. The molecule has 0 saturated carbocycles. The van der Waals surface area contributed by atoms with Gasteiger partial charge in [-0.15, -0.1) is 0 Å². The van der Waals surface area contributed by atoms with Crippen LogP contribution >= 0.6 is 0 Å². The largest absolute Gasteiger partial charge is 0.501 e. The minimum atomic E-state index is -5.42. The topological polar surface area (TPSA) is 79.6 Å². The zero-order valence-corrected chi connectivity index (χ0v) is 21.5. The SMILES string of the molecule is C=Nc1c(-c2ccc(S(=O)(=O)C(F)(F)F)cc2)cnn1/C=C(\C)c1ccc(N2[C@H](C)CNC[C@@H]2C)cc1. The first-order valence-corrected chi connectivity index (χ1v) is 13.2. The van der Waals surface area contributed by atoms with Crippen molar-refractivity contribution in [2.45, 2.75) is 43.3 Å². The maximum absolute atomic E-state index is 12.8. The Morgan fingerprint density at radius 1 is 1.08 bits per heavy atom. The van der Waals surface area contributed by atoms with Crippen LogP contribution < -0.4 is 10.2 Å². The summed E-state index contributed by atoms with van der Waals surface area (Å²) in [5.74, 6) is 0.380. The molecule has 3 aromatic rings. The van der Waals surface area contributed by atoms with Crippen molar-refractivity contribution in [3.63, 3.8) is 0 Å². The van der Waals surface area contributed by atoms with E-state index in [2.05, 4.69) is 53.0 Å². The first-order valence-electron chi connectivity index (χ1n) is 11.7. The summed E-state index contributed by atoms with van der Waals surface area (Å²) in [6.07, 6.45) is 3.30. The van der Waals surface area contributed by atoms with Crippen LogP contribution in [0, 0.1) is 0 Å². The van der Waals surface area contributed by atoms with E-state index in [4.69, 9.17) is 0 Å². The molecule has 1 N–H and O–H groups in total. The molecule has 7 nitrogen and oxygen atoms in total. The number of rotatable bonds is 6. The van der Waals surface area contributed by atoms with Gasteiger partial charge in [0.2, 0.25) is 0 Å². The van der Waals surface area contributed by atoms with Gasteiger partial charge in [0.15, 0.2) is 5.82 Å². The van der Waals surface area contributed by atoms with Crippen LogP contribution in [0.3, 0.4) is 0 Å². The Labute approximate surface area is 214 Å². The summed E-state index contributed by atoms with van der Waals surface area (Å²) in [5.41, 5.74) is -1.33. The Bertz CT molecular complexity index is 1400. The quantitative estimate of drug-likeness (QED) is 0.432. The van der Waals surface area contributed by atoms with Gasteiger partial charge in [0.25, 0.3) is 9.84 Å². The number of halogens is 3. The van der Waals surface area contributed by atoms with Gasteiger partial charge in [-0.3, -0.25) is 0 Å². The summed E-state index contributed by atoms with van der Waals surface area (Å²) in [6.45, 7) is 11.8. The maximum atomic E-state index is 12.8. The molecule has 0 bridgehead atoms. The van der Waals surface area contributed by atoms with Gasteiger partial charge in [0.05, 0.1) is 11.1 Å². The van der Waals surface area contributed by atoms with Crippen LogP contribution in [0.4, 0.5) is 24.7 Å². The minimum absolute atomic E-state index is 0.380. The second-order valence-electron chi connectivity index (χ2n) is 9.08. The number of hydrogen-bond acceptors (Lipinski definition) is 6. The molecule has 2 aromatic carbocycles. The second-order valence-corrected chi connectivity index (χ2v) is 11.0. The van der Waals surface area contributed by atoms with E-state index in [0.717, 1.165) is 42.0 Å². The normalized spacial score (nSPS) is 19.2. The maximum Gasteiger partial charge on any atom is 0.501 e. The van der Waals surface area contributed by atoms with Crippen LogP contribution in [0.1, 0.15) is 26.3 Å². The fraction of sp³-hybridized carbons (Fsp3) is 0.308. The molecule has 1 aromatic heterocycles. The van der Waals surface area contributed by atoms with Crippen molar-refractivity contribution < 1.29 is 21.6 Å². The van der Waals surface area contributed by atoms with E-state index in [0.29, 0.717) is 29.0 Å². The highest BCUT2D eigenvalue weighted by Crippen LogP contribution is 2.35. The van der Waals surface area contributed by atoms with Gasteiger partial charge in [-0.25, -0.2) is 18.1 Å². The molecule has 2 atom stereocenters. The molecule has 1 fully saturated rings. The summed E-state index contributed by atoms with van der Waals surface area (Å²) >= 11 is 0. The number of hydrogen-bond donors (Lipinski definition) is 1. The van der Waals surface area contributed by atoms with Crippen LogP contribution in [-0.2, 0) is 9.84 Å². The van der Waals surface area contributed by atoms with Crippen LogP contribution in [0.2, 0.25) is 0 Å². The number of anilines is 1. The molecule has 0 amide bonds. The zero-order valence-electron chi connectivity index (χ0n) is 20.7. The van der Waals surface area contributed by atoms with E-state index in [1.807, 2.05) is 19.1 Å². The molecular formula is C26H28F3N5O2S. The van der Waals surface area contributed by atoms with Crippen LogP contribution in [0.5, 0.6) is 0 Å². The molecule has 37 heavy (non-hydrogen) atoms. The highest BCUT2D eigenvalue weighted by molar-refractivity contribution is 7.92. The Morgan fingerprint density at radius 3 is 2.22 bits per heavy atom. The lowest BCUT2D eigenvalue weighted by Gasteiger charge is -2.41. The van der Waals surface area contributed by atoms with E-state index in [9.17, 15) is 21.6 Å². The van der Waals surface area contributed by atoms with Crippen LogP contribution in [-0.4, -0.2) is 55.6 Å². The Kier molecular flexibility index (Phi) is 7.29. The molecule has 196 valence electrons. The molecule has 11 heteroatoms. The minimum Gasteiger partial charge on any atom is -0.364 e. The summed E-state index contributed by atoms with van der Waals surface area (Å²) in [7, 11) is -5.42. The Balaban J connectivity index is 1.59. The first kappa shape index (κ1) is 26.6. The lowest BCUT2D eigenvalue weighted by atomic mass is 10.0. The van der Waals surface area contributed by atoms with Crippen LogP contribution in [0.15, 0.2) is 64.6 Å². The van der Waals surface area contributed by atoms with Gasteiger partial charge in [-0.2, -0.15) is 18.3 Å². The number of alkyl halides is 3. The van der Waals surface area contributed by atoms with Gasteiger partial charge in [0.1, 0.15) is 0 Å². The predicted octanol–water partition coefficient (Wildman–Crippen LogP) is 5.38. The van der Waals surface area contributed by atoms with E-state index in [1.165, 1.54) is 23.0 Å². The predicted molar refractivity (Wildman–Crippen MR) is 141 cm³/mol. The molecule has 0 unspecified atom stereocenters. The number of nitrogens with zero attached hydrogens (tertiary/aromatic N) is 4. The Hall–Kier alpha value is -3.44. The molecule has 2 heterocycles. The standard InChI is InChI=1S/C26H28F3N5O2S/c1-17(20-5-9-22(10-6-20)34-18(2)13-31-14-19(34)3)16-33-25(30-4)24(15-32-33)21-7-11-23(12-8-21)37(35,36)26(27,28)29/h5-12,15-16,18-19,31H,4,13-14H2,1-3H3/b17-16+/t18-,19+. The number of aliphatic imine (C=N–C) groups is 1. The van der Waals surface area contributed by atoms with Gasteiger partial charge >= 0.3 is 5.51 Å². The van der Waals surface area contributed by atoms with Crippen molar-refractivity contribution in [2.24, 2.45) is 4.99 Å². The molecule has 4 rings (SSSR count). The average Bonchev–Trinajstić information content (AvgIpc) is 3.26. The fourth-order valence-corrected chi connectivity index (χ4v) is 5.32. The number of piperazine rings is 1. The summed E-state index contributed by atoms with van der Waals surface area (Å²) in [5, 5.41) is 7.78. The molecule has 0 aliphatic carbocycles. The van der Waals surface area contributed by atoms with Crippen LogP contribution in [0.25, 0.3) is 22.9 Å². The lowest BCUT2D eigenvalue weighted by molar-refractivity contribution is -0.0436. The van der Waals surface area contributed by atoms with Crippen molar-refractivity contribution in [1.82, 2.24) is 15.1 Å². The number of benzene rings is 2. The van der Waals surface area contributed by atoms with Gasteiger partial charge in [-0.05, 0) is 68.5 Å². The molecule has 1 aliphatic rings. The first-order chi connectivity index (χ1) is 17.4. The van der Waals surface area contributed by atoms with E-state index < -0.39 is 20.2 Å². The Morgan fingerprint density at radius 2 is 1.68 bits per heavy atom. The number of aromatic nitrogens is 2. The van der Waals surface area contributed by atoms with Gasteiger partial charge < -0.3 is 10.2 Å². The summed E-state index contributed by atoms with van der Waals surface area (Å²) in [6, 6.07) is 13.5. The third-order valence-electron chi connectivity index (χ3n) is 6.47. The fourth-order valence-electron chi connectivity index (χ4n) is 4.55. The van der Waals surface area contributed by atoms with Crippen molar-refractivity contribution in [3.8, 4) is 11.1 Å². The summed E-state index contributed by atoms with van der Waals surface area (Å²) in [4.78, 5) is 5.63. The monoisotopic (exact) mass is 531 g/mol. The lowest BCUT2D eigenvalue weighted by Crippen LogP contribution is -2.55. The molecular weight excluding hydrogens is 503 g/mol. The molecule has 1 saturated heterocycles. The van der Waals surface area contributed by atoms with Crippen molar-refractivity contribution >= 4 is 39.8 Å². The van der Waals surface area contributed by atoms with Crippen molar-refractivity contribution in [2.75, 3.05) is 18.0 Å². The molecule has 0 spiro atoms. The average molecular weight is 532 g/mol. The van der Waals surface area contributed by atoms with Crippen molar-refractivity contribution in [1.29, 1.82) is 0 Å². The smallest absolute Gasteiger partial charge is 0.364 e. The zero-order chi connectivity index (χ0) is 27.0. The second kappa shape index (κ2) is 10.1. The molecule has 0 radical (unpaired) electrons. The van der Waals surface area contributed by atoms with Gasteiger partial charge in [0, 0.05) is 42.6 Å². The molecule has 1 aliphatic heterocycles. The van der Waals surface area contributed by atoms with Crippen molar-refractivity contribution in [3.05, 3.63) is 60.3 Å². The third kappa shape index (κ3) is 5.19. The number of sulfone groups is 1. The summed E-state index contributed by atoms with van der Waals surface area (Å²) < 4.78 is 63.3. The highest BCUT2D eigenvalue weighted by atomic mass is 32.2. The van der Waals surface area contributed by atoms with Gasteiger partial charge in [-0.1, -0.05) is 24.3 Å². The third-order valence-corrected chi connectivity index (χ3v) is 7.97. The van der Waals surface area contributed by atoms with E-state index >= 15 is 0 Å². The number of nitrogens with one attached hydrogen (secondary N) is 1. The van der Waals surface area contributed by atoms with E-state index in [1.54, 1.807) is 6.20 Å².